The van der Waals surface area contributed by atoms with Crippen molar-refractivity contribution in [2.45, 2.75) is 12.8 Å². The number of aryl methyl sites for hydroxylation is 2. The van der Waals surface area contributed by atoms with Crippen LogP contribution in [0.15, 0.2) is 18.3 Å². The average Bonchev–Trinajstić information content (AvgIpc) is 2.61. The number of hydrogen-bond donors (Lipinski definition) is 1. The van der Waals surface area contributed by atoms with E-state index in [-0.39, 0.29) is 5.91 Å². The fourth-order valence-corrected chi connectivity index (χ4v) is 1.38. The molecule has 0 radical (unpaired) electrons. The lowest BCUT2D eigenvalue weighted by Crippen LogP contribution is -2.27. The van der Waals surface area contributed by atoms with Crippen molar-refractivity contribution in [3.63, 3.8) is 0 Å². The molecule has 0 aliphatic heterocycles. The summed E-state index contributed by atoms with van der Waals surface area (Å²) in [5.41, 5.74) is 1.18. The Bertz CT molecular complexity index is 307. The minimum atomic E-state index is 0.0771. The second kappa shape index (κ2) is 6.24. The molecule has 0 saturated heterocycles. The predicted molar refractivity (Wildman–Crippen MR) is 58.6 cm³/mol. The monoisotopic (exact) mass is 210 g/mol. The minimum absolute atomic E-state index is 0.0771. The van der Waals surface area contributed by atoms with Gasteiger partial charge in [0.25, 0.3) is 0 Å². The first-order chi connectivity index (χ1) is 7.24. The van der Waals surface area contributed by atoms with E-state index in [1.807, 2.05) is 29.9 Å². The van der Waals surface area contributed by atoms with Crippen LogP contribution >= 0.6 is 0 Å². The molecule has 1 N–H and O–H groups in total. The van der Waals surface area contributed by atoms with E-state index in [1.165, 1.54) is 5.69 Å². The summed E-state index contributed by atoms with van der Waals surface area (Å²) in [4.78, 5) is 11.3. The molecule has 0 spiro atoms. The number of aromatic nitrogens is 1. The van der Waals surface area contributed by atoms with Gasteiger partial charge in [-0.05, 0) is 18.6 Å². The van der Waals surface area contributed by atoms with E-state index < -0.39 is 0 Å². The Morgan fingerprint density at radius 1 is 1.60 bits per heavy atom. The molecule has 0 aromatic carbocycles. The maximum atomic E-state index is 11.3. The van der Waals surface area contributed by atoms with E-state index in [9.17, 15) is 4.79 Å². The SMILES string of the molecule is COCCNC(=O)CCc1cccn1C. The highest BCUT2D eigenvalue weighted by Crippen LogP contribution is 2.02. The summed E-state index contributed by atoms with van der Waals surface area (Å²) >= 11 is 0. The Hall–Kier alpha value is -1.29. The van der Waals surface area contributed by atoms with Gasteiger partial charge in [-0.3, -0.25) is 4.79 Å². The van der Waals surface area contributed by atoms with Crippen molar-refractivity contribution in [1.82, 2.24) is 9.88 Å². The second-order valence-corrected chi connectivity index (χ2v) is 3.45. The van der Waals surface area contributed by atoms with Crippen molar-refractivity contribution in [1.29, 1.82) is 0 Å². The van der Waals surface area contributed by atoms with E-state index in [2.05, 4.69) is 5.32 Å². The van der Waals surface area contributed by atoms with Gasteiger partial charge in [0.2, 0.25) is 5.91 Å². The van der Waals surface area contributed by atoms with Crippen molar-refractivity contribution in [3.8, 4) is 0 Å². The smallest absolute Gasteiger partial charge is 0.220 e. The van der Waals surface area contributed by atoms with Crippen LogP contribution in [0.1, 0.15) is 12.1 Å². The number of ether oxygens (including phenoxy) is 1. The van der Waals surface area contributed by atoms with Crippen LogP contribution in [-0.2, 0) is 23.0 Å². The van der Waals surface area contributed by atoms with Crippen LogP contribution in [0, 0.1) is 0 Å². The second-order valence-electron chi connectivity index (χ2n) is 3.45. The van der Waals surface area contributed by atoms with Gasteiger partial charge in [0.05, 0.1) is 6.61 Å². The van der Waals surface area contributed by atoms with E-state index in [4.69, 9.17) is 4.74 Å². The quantitative estimate of drug-likeness (QED) is 0.703. The number of nitrogens with one attached hydrogen (secondary N) is 1. The molecule has 4 nitrogen and oxygen atoms in total. The third-order valence-electron chi connectivity index (χ3n) is 2.29. The normalized spacial score (nSPS) is 10.3. The van der Waals surface area contributed by atoms with E-state index in [0.29, 0.717) is 19.6 Å². The Kier molecular flexibility index (Phi) is 4.90. The van der Waals surface area contributed by atoms with Gasteiger partial charge >= 0.3 is 0 Å². The van der Waals surface area contributed by atoms with Gasteiger partial charge in [-0.25, -0.2) is 0 Å². The Morgan fingerprint density at radius 3 is 3.00 bits per heavy atom. The Balaban J connectivity index is 2.20. The minimum Gasteiger partial charge on any atom is -0.383 e. The van der Waals surface area contributed by atoms with Gasteiger partial charge in [0, 0.05) is 39.0 Å². The highest BCUT2D eigenvalue weighted by atomic mass is 16.5. The standard InChI is InChI=1S/C11H18N2O2/c1-13-8-3-4-10(13)5-6-11(14)12-7-9-15-2/h3-4,8H,5-7,9H2,1-2H3,(H,12,14). The van der Waals surface area contributed by atoms with E-state index >= 15 is 0 Å². The lowest BCUT2D eigenvalue weighted by molar-refractivity contribution is -0.121. The number of nitrogens with zero attached hydrogens (tertiary/aromatic N) is 1. The van der Waals surface area contributed by atoms with Crippen molar-refractivity contribution in [2.24, 2.45) is 7.05 Å². The first kappa shape index (κ1) is 11.8. The molecule has 1 rings (SSSR count). The summed E-state index contributed by atoms with van der Waals surface area (Å²) in [6, 6.07) is 4.01. The third kappa shape index (κ3) is 4.16. The molecule has 0 unspecified atom stereocenters. The molecule has 0 aliphatic rings. The van der Waals surface area contributed by atoms with Crippen LogP contribution in [0.25, 0.3) is 0 Å². The molecule has 1 aromatic heterocycles. The topological polar surface area (TPSA) is 43.3 Å². The molecular weight excluding hydrogens is 192 g/mol. The first-order valence-corrected chi connectivity index (χ1v) is 5.10. The fourth-order valence-electron chi connectivity index (χ4n) is 1.38. The molecule has 0 saturated carbocycles. The van der Waals surface area contributed by atoms with Crippen LogP contribution in [0.3, 0.4) is 0 Å². The maximum Gasteiger partial charge on any atom is 0.220 e. The van der Waals surface area contributed by atoms with Gasteiger partial charge in [-0.15, -0.1) is 0 Å². The zero-order valence-electron chi connectivity index (χ0n) is 9.32. The summed E-state index contributed by atoms with van der Waals surface area (Å²) in [6.45, 7) is 1.15. The number of methoxy groups -OCH3 is 1. The van der Waals surface area contributed by atoms with Crippen molar-refractivity contribution >= 4 is 5.91 Å². The zero-order valence-corrected chi connectivity index (χ0v) is 9.32. The molecule has 15 heavy (non-hydrogen) atoms. The van der Waals surface area contributed by atoms with E-state index in [0.717, 1.165) is 6.42 Å². The van der Waals surface area contributed by atoms with Crippen LogP contribution < -0.4 is 5.32 Å². The molecule has 1 aromatic rings. The third-order valence-corrected chi connectivity index (χ3v) is 2.29. The summed E-state index contributed by atoms with van der Waals surface area (Å²) in [7, 11) is 3.61. The summed E-state index contributed by atoms with van der Waals surface area (Å²) < 4.78 is 6.87. The highest BCUT2D eigenvalue weighted by Gasteiger charge is 2.03. The molecule has 1 heterocycles. The van der Waals surface area contributed by atoms with Crippen LogP contribution in [0.5, 0.6) is 0 Å². The molecule has 4 heteroatoms. The highest BCUT2D eigenvalue weighted by molar-refractivity contribution is 5.76. The first-order valence-electron chi connectivity index (χ1n) is 5.10. The Morgan fingerprint density at radius 2 is 2.40 bits per heavy atom. The summed E-state index contributed by atoms with van der Waals surface area (Å²) in [5.74, 6) is 0.0771. The molecule has 0 aliphatic carbocycles. The van der Waals surface area contributed by atoms with Gasteiger partial charge in [-0.1, -0.05) is 0 Å². The molecular formula is C11H18N2O2. The molecule has 84 valence electrons. The van der Waals surface area contributed by atoms with Crippen molar-refractivity contribution in [3.05, 3.63) is 24.0 Å². The fraction of sp³-hybridized carbons (Fsp3) is 0.545. The largest absolute Gasteiger partial charge is 0.383 e. The number of carbonyl (C=O) groups is 1. The van der Waals surface area contributed by atoms with Crippen LogP contribution in [-0.4, -0.2) is 30.7 Å². The van der Waals surface area contributed by atoms with Crippen molar-refractivity contribution in [2.75, 3.05) is 20.3 Å². The van der Waals surface area contributed by atoms with Gasteiger partial charge in [-0.2, -0.15) is 0 Å². The maximum absolute atomic E-state index is 11.3. The zero-order chi connectivity index (χ0) is 11.1. The average molecular weight is 210 g/mol. The number of hydrogen-bond acceptors (Lipinski definition) is 2. The van der Waals surface area contributed by atoms with Gasteiger partial charge in [0.1, 0.15) is 0 Å². The molecule has 1 amide bonds. The number of amides is 1. The summed E-state index contributed by atoms with van der Waals surface area (Å²) in [6.07, 6.45) is 3.29. The summed E-state index contributed by atoms with van der Waals surface area (Å²) in [5, 5.41) is 2.79. The van der Waals surface area contributed by atoms with Gasteiger partial charge < -0.3 is 14.6 Å². The van der Waals surface area contributed by atoms with Crippen molar-refractivity contribution < 1.29 is 9.53 Å². The van der Waals surface area contributed by atoms with Gasteiger partial charge in [0.15, 0.2) is 0 Å². The predicted octanol–water partition coefficient (Wildman–Crippen LogP) is 0.720. The molecule has 0 atom stereocenters. The number of carbonyl (C=O) groups excluding carboxylic acids is 1. The van der Waals surface area contributed by atoms with Crippen LogP contribution in [0.4, 0.5) is 0 Å². The Labute approximate surface area is 90.2 Å². The van der Waals surface area contributed by atoms with Crippen LogP contribution in [0.2, 0.25) is 0 Å². The lowest BCUT2D eigenvalue weighted by atomic mass is 10.2. The molecule has 0 fully saturated rings. The molecule has 0 bridgehead atoms. The lowest BCUT2D eigenvalue weighted by Gasteiger charge is -2.05. The van der Waals surface area contributed by atoms with E-state index in [1.54, 1.807) is 7.11 Å². The number of rotatable bonds is 6.